The second kappa shape index (κ2) is 5.35. The Hall–Kier alpha value is -1.02. The summed E-state index contributed by atoms with van der Waals surface area (Å²) in [6.45, 7) is 8.11. The van der Waals surface area contributed by atoms with Gasteiger partial charge in [0.25, 0.3) is 0 Å². The van der Waals surface area contributed by atoms with E-state index in [1.54, 1.807) is 0 Å². The first kappa shape index (κ1) is 13.0. The molecule has 0 aliphatic carbocycles. The third-order valence-electron chi connectivity index (χ3n) is 3.15. The molecule has 0 saturated heterocycles. The van der Waals surface area contributed by atoms with Gasteiger partial charge >= 0.3 is 0 Å². The molecule has 0 bridgehead atoms. The highest BCUT2D eigenvalue weighted by atomic mass is 16.3. The highest BCUT2D eigenvalue weighted by Gasteiger charge is 2.26. The Morgan fingerprint density at radius 1 is 1.19 bits per heavy atom. The Morgan fingerprint density at radius 3 is 2.25 bits per heavy atom. The van der Waals surface area contributed by atoms with E-state index in [0.717, 1.165) is 12.1 Å². The van der Waals surface area contributed by atoms with Crippen LogP contribution in [0, 0.1) is 5.92 Å². The van der Waals surface area contributed by atoms with Crippen molar-refractivity contribution in [3.8, 4) is 0 Å². The number of anilines is 1. The molecular weight excluding hydrogens is 198 g/mol. The van der Waals surface area contributed by atoms with Crippen LogP contribution in [0.1, 0.15) is 34.1 Å². The Kier molecular flexibility index (Phi) is 4.36. The molecule has 16 heavy (non-hydrogen) atoms. The van der Waals surface area contributed by atoms with E-state index in [0.29, 0.717) is 0 Å². The highest BCUT2D eigenvalue weighted by Crippen LogP contribution is 2.23. The van der Waals surface area contributed by atoms with Gasteiger partial charge in [0.15, 0.2) is 0 Å². The molecule has 2 N–H and O–H groups in total. The zero-order valence-corrected chi connectivity index (χ0v) is 10.7. The molecule has 1 rings (SSSR count). The van der Waals surface area contributed by atoms with Gasteiger partial charge in [0.1, 0.15) is 0 Å². The van der Waals surface area contributed by atoms with E-state index in [1.165, 1.54) is 0 Å². The van der Waals surface area contributed by atoms with Gasteiger partial charge in [-0.05, 0) is 38.3 Å². The molecule has 0 amide bonds. The van der Waals surface area contributed by atoms with Gasteiger partial charge in [-0.2, -0.15) is 0 Å². The summed E-state index contributed by atoms with van der Waals surface area (Å²) >= 11 is 0. The molecule has 1 aromatic rings. The van der Waals surface area contributed by atoms with Crippen LogP contribution in [0.2, 0.25) is 0 Å². The van der Waals surface area contributed by atoms with Gasteiger partial charge in [0.05, 0.1) is 5.60 Å². The van der Waals surface area contributed by atoms with Gasteiger partial charge in [-0.15, -0.1) is 0 Å². The number of hydrogen-bond acceptors (Lipinski definition) is 2. The topological polar surface area (TPSA) is 32.3 Å². The van der Waals surface area contributed by atoms with Crippen LogP contribution < -0.4 is 5.32 Å². The van der Waals surface area contributed by atoms with E-state index in [-0.39, 0.29) is 12.0 Å². The lowest BCUT2D eigenvalue weighted by molar-refractivity contribution is 0.00242. The van der Waals surface area contributed by atoms with E-state index in [2.05, 4.69) is 26.1 Å². The summed E-state index contributed by atoms with van der Waals surface area (Å²) in [6, 6.07) is 10.4. The van der Waals surface area contributed by atoms with Crippen molar-refractivity contribution in [1.29, 1.82) is 0 Å². The van der Waals surface area contributed by atoms with E-state index in [4.69, 9.17) is 0 Å². The fourth-order valence-electron chi connectivity index (χ4n) is 1.73. The van der Waals surface area contributed by atoms with Crippen molar-refractivity contribution in [2.24, 2.45) is 5.92 Å². The molecule has 0 radical (unpaired) electrons. The minimum Gasteiger partial charge on any atom is -0.390 e. The van der Waals surface area contributed by atoms with Gasteiger partial charge in [-0.1, -0.05) is 32.0 Å². The predicted molar refractivity (Wildman–Crippen MR) is 69.6 cm³/mol. The maximum Gasteiger partial charge on any atom is 0.0661 e. The fourth-order valence-corrected chi connectivity index (χ4v) is 1.73. The first-order chi connectivity index (χ1) is 7.42. The van der Waals surface area contributed by atoms with Crippen molar-refractivity contribution in [1.82, 2.24) is 0 Å². The second-order valence-corrected chi connectivity index (χ2v) is 5.13. The quantitative estimate of drug-likeness (QED) is 0.799. The summed E-state index contributed by atoms with van der Waals surface area (Å²) in [7, 11) is 0. The van der Waals surface area contributed by atoms with Crippen LogP contribution >= 0.6 is 0 Å². The molecule has 90 valence electrons. The minimum atomic E-state index is -0.610. The van der Waals surface area contributed by atoms with Crippen LogP contribution in [-0.2, 0) is 0 Å². The van der Waals surface area contributed by atoms with Crippen LogP contribution in [0.5, 0.6) is 0 Å². The van der Waals surface area contributed by atoms with Gasteiger partial charge in [0.2, 0.25) is 0 Å². The molecule has 2 unspecified atom stereocenters. The number of benzene rings is 1. The lowest BCUT2D eigenvalue weighted by atomic mass is 9.86. The Morgan fingerprint density at radius 2 is 1.75 bits per heavy atom. The van der Waals surface area contributed by atoms with Crippen molar-refractivity contribution in [2.45, 2.75) is 45.8 Å². The van der Waals surface area contributed by atoms with Crippen molar-refractivity contribution in [2.75, 3.05) is 5.32 Å². The smallest absolute Gasteiger partial charge is 0.0661 e. The van der Waals surface area contributed by atoms with E-state index >= 15 is 0 Å². The van der Waals surface area contributed by atoms with Crippen molar-refractivity contribution >= 4 is 5.69 Å². The van der Waals surface area contributed by atoms with E-state index in [9.17, 15) is 5.11 Å². The van der Waals surface area contributed by atoms with E-state index in [1.807, 2.05) is 37.3 Å². The highest BCUT2D eigenvalue weighted by molar-refractivity contribution is 5.43. The van der Waals surface area contributed by atoms with Crippen LogP contribution in [0.25, 0.3) is 0 Å². The summed E-state index contributed by atoms with van der Waals surface area (Å²) in [6.07, 6.45) is 0.750. The first-order valence-electron chi connectivity index (χ1n) is 5.96. The maximum atomic E-state index is 10.2. The second-order valence-electron chi connectivity index (χ2n) is 5.13. The summed E-state index contributed by atoms with van der Waals surface area (Å²) in [5.74, 6) is 0.271. The molecule has 0 aliphatic rings. The molecule has 0 aliphatic heterocycles. The monoisotopic (exact) mass is 221 g/mol. The first-order valence-corrected chi connectivity index (χ1v) is 5.96. The van der Waals surface area contributed by atoms with Crippen molar-refractivity contribution in [3.05, 3.63) is 30.3 Å². The minimum absolute atomic E-state index is 0.264. The number of para-hydroxylation sites is 1. The fraction of sp³-hybridized carbons (Fsp3) is 0.571. The number of nitrogens with one attached hydrogen (secondary N) is 1. The predicted octanol–water partition coefficient (Wildman–Crippen LogP) is 3.28. The summed E-state index contributed by atoms with van der Waals surface area (Å²) < 4.78 is 0. The lowest BCUT2D eigenvalue weighted by Gasteiger charge is -2.31. The van der Waals surface area contributed by atoms with Crippen LogP contribution in [0.4, 0.5) is 5.69 Å². The van der Waals surface area contributed by atoms with Crippen molar-refractivity contribution in [3.63, 3.8) is 0 Å². The molecule has 0 heterocycles. The zero-order chi connectivity index (χ0) is 12.2. The normalized spacial score (nSPS) is 16.9. The Labute approximate surface area is 98.7 Å². The maximum absolute atomic E-state index is 10.2. The molecule has 1 aromatic carbocycles. The summed E-state index contributed by atoms with van der Waals surface area (Å²) in [5.41, 5.74) is 0.496. The average molecular weight is 221 g/mol. The zero-order valence-electron chi connectivity index (χ0n) is 10.7. The van der Waals surface area contributed by atoms with E-state index < -0.39 is 5.60 Å². The number of hydrogen-bond donors (Lipinski definition) is 2. The van der Waals surface area contributed by atoms with Gasteiger partial charge in [-0.25, -0.2) is 0 Å². The van der Waals surface area contributed by atoms with Crippen LogP contribution in [0.15, 0.2) is 30.3 Å². The molecule has 0 spiro atoms. The average Bonchev–Trinajstić information content (AvgIpc) is 2.17. The molecule has 0 aromatic heterocycles. The molecular formula is C14H23NO. The van der Waals surface area contributed by atoms with Gasteiger partial charge < -0.3 is 10.4 Å². The largest absolute Gasteiger partial charge is 0.390 e. The van der Waals surface area contributed by atoms with Crippen LogP contribution in [0.3, 0.4) is 0 Å². The third kappa shape index (κ3) is 3.86. The summed E-state index contributed by atoms with van der Waals surface area (Å²) in [5, 5.41) is 13.6. The molecule has 0 saturated carbocycles. The van der Waals surface area contributed by atoms with Gasteiger partial charge in [-0.3, -0.25) is 0 Å². The van der Waals surface area contributed by atoms with Crippen LogP contribution in [-0.4, -0.2) is 16.7 Å². The number of aliphatic hydroxyl groups is 1. The summed E-state index contributed by atoms with van der Waals surface area (Å²) in [4.78, 5) is 0. The SMILES string of the molecule is CC(CC(C)(O)C(C)C)Nc1ccccc1. The van der Waals surface area contributed by atoms with Gasteiger partial charge in [0, 0.05) is 11.7 Å². The number of rotatable bonds is 5. The molecule has 0 fully saturated rings. The lowest BCUT2D eigenvalue weighted by Crippen LogP contribution is -2.36. The van der Waals surface area contributed by atoms with Crippen molar-refractivity contribution < 1.29 is 5.11 Å². The molecule has 2 nitrogen and oxygen atoms in total. The standard InChI is InChI=1S/C14H23NO/c1-11(2)14(4,16)10-12(3)15-13-8-6-5-7-9-13/h5-9,11-12,15-16H,10H2,1-4H3. The Bertz CT molecular complexity index is 306. The molecule has 2 atom stereocenters. The molecule has 2 heteroatoms. The third-order valence-corrected chi connectivity index (χ3v) is 3.15. The Balaban J connectivity index is 2.51.